The fourth-order valence-electron chi connectivity index (χ4n) is 2.55. The van der Waals surface area contributed by atoms with Crippen molar-refractivity contribution in [1.82, 2.24) is 10.4 Å². The van der Waals surface area contributed by atoms with Crippen LogP contribution in [0.25, 0.3) is 0 Å². The highest BCUT2D eigenvalue weighted by atomic mass is 32.1. The highest BCUT2D eigenvalue weighted by Crippen LogP contribution is 2.27. The fraction of sp³-hybridized carbons (Fsp3) is 0.450. The zero-order valence-corrected chi connectivity index (χ0v) is 17.2. The van der Waals surface area contributed by atoms with Crippen LogP contribution in [-0.2, 0) is 0 Å². The molecule has 0 aliphatic heterocycles. The van der Waals surface area contributed by atoms with Crippen LogP contribution < -0.4 is 14.9 Å². The second kappa shape index (κ2) is 10.7. The zero-order chi connectivity index (χ0) is 19.6. The molecule has 0 saturated heterocycles. The molecule has 0 atom stereocenters. The largest absolute Gasteiger partial charge is 0.493 e. The van der Waals surface area contributed by atoms with Crippen molar-refractivity contribution in [2.75, 3.05) is 13.7 Å². The molecule has 0 saturated carbocycles. The van der Waals surface area contributed by atoms with Gasteiger partial charge in [0.2, 0.25) is 0 Å². The number of hydrogen-bond acceptors (Lipinski definition) is 6. The first-order valence-corrected chi connectivity index (χ1v) is 9.95. The maximum atomic E-state index is 12.1. The molecule has 6 nitrogen and oxygen atoms in total. The Morgan fingerprint density at radius 3 is 2.74 bits per heavy atom. The summed E-state index contributed by atoms with van der Waals surface area (Å²) < 4.78 is 11.2. The van der Waals surface area contributed by atoms with E-state index < -0.39 is 0 Å². The van der Waals surface area contributed by atoms with E-state index in [4.69, 9.17) is 9.47 Å². The number of carbonyl (C=O) groups is 1. The minimum Gasteiger partial charge on any atom is -0.493 e. The summed E-state index contributed by atoms with van der Waals surface area (Å²) in [6.07, 6.45) is 6.21. The molecule has 1 amide bonds. The normalized spacial score (nSPS) is 11.0. The van der Waals surface area contributed by atoms with Crippen molar-refractivity contribution in [3.05, 3.63) is 39.3 Å². The lowest BCUT2D eigenvalue weighted by Gasteiger charge is -2.11. The number of hydrazone groups is 1. The lowest BCUT2D eigenvalue weighted by Crippen LogP contribution is -2.17. The number of aromatic nitrogens is 1. The number of thiazole rings is 1. The standard InChI is InChI=1S/C20H27N3O3S/c1-5-6-7-8-11-26-17-10-9-16(12-18(17)25-4)13-21-23-20(24)19-14(2)22-15(3)27-19/h9-10,12-13H,5-8,11H2,1-4H3,(H,23,24)/b21-13+. The number of hydrogen-bond donors (Lipinski definition) is 1. The van der Waals surface area contributed by atoms with Crippen LogP contribution in [0.1, 0.15) is 58.5 Å². The number of carbonyl (C=O) groups excluding carboxylic acids is 1. The molecule has 27 heavy (non-hydrogen) atoms. The lowest BCUT2D eigenvalue weighted by molar-refractivity contribution is 0.0958. The number of rotatable bonds is 10. The Kier molecular flexibility index (Phi) is 8.26. The molecule has 0 radical (unpaired) electrons. The highest BCUT2D eigenvalue weighted by Gasteiger charge is 2.12. The third-order valence-corrected chi connectivity index (χ3v) is 5.00. The van der Waals surface area contributed by atoms with E-state index in [2.05, 4.69) is 22.4 Å². The molecule has 0 spiro atoms. The van der Waals surface area contributed by atoms with Crippen LogP contribution in [0.15, 0.2) is 23.3 Å². The van der Waals surface area contributed by atoms with Crippen LogP contribution in [0.4, 0.5) is 0 Å². The van der Waals surface area contributed by atoms with Gasteiger partial charge in [0, 0.05) is 0 Å². The maximum absolute atomic E-state index is 12.1. The summed E-state index contributed by atoms with van der Waals surface area (Å²) in [5, 5.41) is 4.89. The number of nitrogens with zero attached hydrogens (tertiary/aromatic N) is 2. The highest BCUT2D eigenvalue weighted by molar-refractivity contribution is 7.13. The molecule has 0 aliphatic rings. The first kappa shape index (κ1) is 20.9. The molecule has 0 aliphatic carbocycles. The van der Waals surface area contributed by atoms with E-state index in [0.717, 1.165) is 17.0 Å². The summed E-state index contributed by atoms with van der Waals surface area (Å²) >= 11 is 1.36. The molecule has 1 aromatic heterocycles. The Morgan fingerprint density at radius 2 is 2.07 bits per heavy atom. The van der Waals surface area contributed by atoms with Crippen LogP contribution in [0.3, 0.4) is 0 Å². The number of methoxy groups -OCH3 is 1. The number of unbranched alkanes of at least 4 members (excludes halogenated alkanes) is 3. The van der Waals surface area contributed by atoms with Crippen molar-refractivity contribution in [3.63, 3.8) is 0 Å². The minimum atomic E-state index is -0.256. The van der Waals surface area contributed by atoms with Gasteiger partial charge < -0.3 is 9.47 Å². The Balaban J connectivity index is 1.93. The Morgan fingerprint density at radius 1 is 1.26 bits per heavy atom. The predicted octanol–water partition coefficient (Wildman–Crippen LogP) is 4.49. The van der Waals surface area contributed by atoms with Crippen molar-refractivity contribution in [3.8, 4) is 11.5 Å². The minimum absolute atomic E-state index is 0.256. The van der Waals surface area contributed by atoms with Gasteiger partial charge in [-0.2, -0.15) is 5.10 Å². The van der Waals surface area contributed by atoms with Crippen molar-refractivity contribution in [1.29, 1.82) is 0 Å². The van der Waals surface area contributed by atoms with Crippen LogP contribution in [0, 0.1) is 13.8 Å². The molecule has 1 heterocycles. The predicted molar refractivity (Wildman–Crippen MR) is 109 cm³/mol. The maximum Gasteiger partial charge on any atom is 0.283 e. The third-order valence-electron chi connectivity index (χ3n) is 3.93. The Bertz CT molecular complexity index is 787. The fourth-order valence-corrected chi connectivity index (χ4v) is 3.36. The van der Waals surface area contributed by atoms with Gasteiger partial charge >= 0.3 is 0 Å². The summed E-state index contributed by atoms with van der Waals surface area (Å²) in [5.74, 6) is 1.11. The van der Waals surface area contributed by atoms with Crippen molar-refractivity contribution in [2.45, 2.75) is 46.5 Å². The first-order chi connectivity index (χ1) is 13.0. The summed E-state index contributed by atoms with van der Waals surface area (Å²) in [6, 6.07) is 5.57. The Hall–Kier alpha value is -2.41. The lowest BCUT2D eigenvalue weighted by atomic mass is 10.2. The van der Waals surface area contributed by atoms with Crippen LogP contribution in [-0.4, -0.2) is 30.8 Å². The molecular formula is C20H27N3O3S. The van der Waals surface area contributed by atoms with E-state index >= 15 is 0 Å². The summed E-state index contributed by atoms with van der Waals surface area (Å²) in [6.45, 7) is 6.55. The molecule has 2 aromatic rings. The molecular weight excluding hydrogens is 362 g/mol. The summed E-state index contributed by atoms with van der Waals surface area (Å²) in [7, 11) is 1.61. The monoisotopic (exact) mass is 389 g/mol. The topological polar surface area (TPSA) is 72.8 Å². The smallest absolute Gasteiger partial charge is 0.283 e. The average Bonchev–Trinajstić information content (AvgIpc) is 3.00. The number of nitrogens with one attached hydrogen (secondary N) is 1. The van der Waals surface area contributed by atoms with Gasteiger partial charge in [-0.3, -0.25) is 4.79 Å². The summed E-state index contributed by atoms with van der Waals surface area (Å²) in [4.78, 5) is 17.0. The molecule has 0 unspecified atom stereocenters. The van der Waals surface area contributed by atoms with E-state index in [1.807, 2.05) is 32.0 Å². The van der Waals surface area contributed by atoms with Gasteiger partial charge in [0.15, 0.2) is 11.5 Å². The van der Waals surface area contributed by atoms with Gasteiger partial charge in [-0.1, -0.05) is 26.2 Å². The van der Waals surface area contributed by atoms with Gasteiger partial charge in [0.05, 0.1) is 30.6 Å². The van der Waals surface area contributed by atoms with Gasteiger partial charge in [0.1, 0.15) is 4.88 Å². The molecule has 7 heteroatoms. The zero-order valence-electron chi connectivity index (χ0n) is 16.4. The van der Waals surface area contributed by atoms with Gasteiger partial charge in [-0.15, -0.1) is 11.3 Å². The van der Waals surface area contributed by atoms with Crippen molar-refractivity contribution < 1.29 is 14.3 Å². The number of benzene rings is 1. The molecule has 1 aromatic carbocycles. The van der Waals surface area contributed by atoms with Crippen LogP contribution in [0.5, 0.6) is 11.5 Å². The van der Waals surface area contributed by atoms with E-state index in [1.165, 1.54) is 30.6 Å². The van der Waals surface area contributed by atoms with E-state index in [1.54, 1.807) is 13.3 Å². The second-order valence-corrected chi connectivity index (χ2v) is 7.37. The van der Waals surface area contributed by atoms with Crippen LogP contribution in [0.2, 0.25) is 0 Å². The average molecular weight is 390 g/mol. The Labute approximate surface area is 164 Å². The first-order valence-electron chi connectivity index (χ1n) is 9.13. The van der Waals surface area contributed by atoms with Crippen molar-refractivity contribution >= 4 is 23.5 Å². The molecule has 2 rings (SSSR count). The van der Waals surface area contributed by atoms with Gasteiger partial charge in [-0.25, -0.2) is 10.4 Å². The third kappa shape index (κ3) is 6.36. The summed E-state index contributed by atoms with van der Waals surface area (Å²) in [5.41, 5.74) is 4.06. The second-order valence-electron chi connectivity index (χ2n) is 6.17. The number of amides is 1. The molecule has 146 valence electrons. The number of ether oxygens (including phenoxy) is 2. The van der Waals surface area contributed by atoms with Crippen molar-refractivity contribution in [2.24, 2.45) is 5.10 Å². The van der Waals surface area contributed by atoms with Crippen LogP contribution >= 0.6 is 11.3 Å². The van der Waals surface area contributed by atoms with Gasteiger partial charge in [0.25, 0.3) is 5.91 Å². The van der Waals surface area contributed by atoms with E-state index in [0.29, 0.717) is 28.7 Å². The quantitative estimate of drug-likeness (QED) is 0.369. The van der Waals surface area contributed by atoms with E-state index in [-0.39, 0.29) is 5.91 Å². The molecule has 1 N–H and O–H groups in total. The molecule has 0 bridgehead atoms. The molecule has 0 fully saturated rings. The van der Waals surface area contributed by atoms with Gasteiger partial charge in [-0.05, 0) is 44.0 Å². The number of aryl methyl sites for hydroxylation is 2. The van der Waals surface area contributed by atoms with E-state index in [9.17, 15) is 4.79 Å². The SMILES string of the molecule is CCCCCCOc1ccc(/C=N/NC(=O)c2sc(C)nc2C)cc1OC.